The molecule has 6 rings (SSSR count). The minimum Gasteiger partial charge on any atom is -0.386 e. The maximum absolute atomic E-state index is 13.8. The molecule has 0 aliphatic rings. The van der Waals surface area contributed by atoms with Crippen molar-refractivity contribution in [1.82, 2.24) is 24.5 Å². The lowest BCUT2D eigenvalue weighted by atomic mass is 9.73. The summed E-state index contributed by atoms with van der Waals surface area (Å²) in [6.45, 7) is 6.05. The summed E-state index contributed by atoms with van der Waals surface area (Å²) in [6, 6.07) is 34.4. The molecule has 6 aromatic rings. The zero-order valence-corrected chi connectivity index (χ0v) is 26.5. The highest BCUT2D eigenvalue weighted by Crippen LogP contribution is 2.41. The number of hydrogen-bond donors (Lipinski definition) is 2. The SMILES string of the molecule is CC(C)C(C)(C(N)=NC(=O)c1cn(C(c2ccccc2)(c2ccccc2)c2ccccc2)cn1)c1ccc(-c2cnc(N)nc2)nc1. The van der Waals surface area contributed by atoms with Gasteiger partial charge in [0.2, 0.25) is 5.95 Å². The molecule has 0 aliphatic carbocycles. The van der Waals surface area contributed by atoms with Gasteiger partial charge in [0.15, 0.2) is 0 Å². The number of aromatic nitrogens is 5. The molecule has 3 aromatic heterocycles. The van der Waals surface area contributed by atoms with Crippen LogP contribution in [0.5, 0.6) is 0 Å². The van der Waals surface area contributed by atoms with Crippen molar-refractivity contribution in [2.24, 2.45) is 16.6 Å². The number of amides is 1. The van der Waals surface area contributed by atoms with E-state index in [2.05, 4.69) is 61.3 Å². The molecule has 9 heteroatoms. The quantitative estimate of drug-likeness (QED) is 0.110. The van der Waals surface area contributed by atoms with Crippen LogP contribution in [0.2, 0.25) is 0 Å². The van der Waals surface area contributed by atoms with Crippen molar-refractivity contribution in [3.05, 3.63) is 162 Å². The van der Waals surface area contributed by atoms with Gasteiger partial charge in [-0.2, -0.15) is 4.99 Å². The van der Waals surface area contributed by atoms with Crippen LogP contribution in [0, 0.1) is 5.92 Å². The summed E-state index contributed by atoms with van der Waals surface area (Å²) in [5.41, 5.74) is 16.2. The number of hydrogen-bond acceptors (Lipinski definition) is 6. The van der Waals surface area contributed by atoms with E-state index in [9.17, 15) is 4.79 Å². The Morgan fingerprint density at radius 1 is 0.723 bits per heavy atom. The standard InChI is InChI=1S/C38H36N8O/c1-26(2)37(3,31-19-20-32(41-23-31)27-21-42-36(40)43-22-27)35(39)45-34(47)33-24-46(25-44-33)38(28-13-7-4-8-14-28,29-15-9-5-10-16-29)30-17-11-6-12-18-30/h4-26H,1-3H3,(H2,39,45,47)(H2,40,42,43). The number of nitrogens with two attached hydrogens (primary N) is 2. The first-order valence-electron chi connectivity index (χ1n) is 15.4. The molecular formula is C38H36N8O. The first-order valence-corrected chi connectivity index (χ1v) is 15.4. The van der Waals surface area contributed by atoms with Crippen molar-refractivity contribution in [3.63, 3.8) is 0 Å². The second kappa shape index (κ2) is 12.8. The van der Waals surface area contributed by atoms with E-state index in [0.29, 0.717) is 5.69 Å². The number of imidazole rings is 1. The van der Waals surface area contributed by atoms with Crippen LogP contribution in [0.4, 0.5) is 5.95 Å². The molecule has 0 saturated heterocycles. The Morgan fingerprint density at radius 3 is 1.72 bits per heavy atom. The van der Waals surface area contributed by atoms with Gasteiger partial charge in [0.25, 0.3) is 5.91 Å². The minimum absolute atomic E-state index is 0.00833. The van der Waals surface area contributed by atoms with Crippen molar-refractivity contribution >= 4 is 17.7 Å². The lowest BCUT2D eigenvalue weighted by Crippen LogP contribution is -2.43. The average molecular weight is 621 g/mol. The van der Waals surface area contributed by atoms with Crippen LogP contribution in [0.15, 0.2) is 139 Å². The van der Waals surface area contributed by atoms with Gasteiger partial charge in [-0.15, -0.1) is 0 Å². The Balaban J connectivity index is 1.39. The number of benzene rings is 3. The summed E-state index contributed by atoms with van der Waals surface area (Å²) < 4.78 is 1.98. The van der Waals surface area contributed by atoms with Crippen LogP contribution in [-0.4, -0.2) is 36.2 Å². The summed E-state index contributed by atoms with van der Waals surface area (Å²) >= 11 is 0. The Kier molecular flexibility index (Phi) is 8.46. The van der Waals surface area contributed by atoms with Crippen LogP contribution >= 0.6 is 0 Å². The fourth-order valence-corrected chi connectivity index (χ4v) is 6.00. The Labute approximate surface area is 274 Å². The predicted molar refractivity (Wildman–Crippen MR) is 185 cm³/mol. The molecule has 4 N–H and O–H groups in total. The van der Waals surface area contributed by atoms with Crippen LogP contribution in [0.3, 0.4) is 0 Å². The molecule has 234 valence electrons. The van der Waals surface area contributed by atoms with Crippen LogP contribution in [0.1, 0.15) is 53.5 Å². The third-order valence-electron chi connectivity index (χ3n) is 9.00. The largest absolute Gasteiger partial charge is 0.386 e. The van der Waals surface area contributed by atoms with Gasteiger partial charge in [0, 0.05) is 30.4 Å². The number of aliphatic imine (C=N–C) groups is 1. The van der Waals surface area contributed by atoms with Crippen molar-refractivity contribution in [2.45, 2.75) is 31.7 Å². The highest BCUT2D eigenvalue weighted by Gasteiger charge is 2.39. The van der Waals surface area contributed by atoms with E-state index in [0.717, 1.165) is 27.8 Å². The maximum atomic E-state index is 13.8. The summed E-state index contributed by atoms with van der Waals surface area (Å²) in [5.74, 6) is -0.161. The number of nitrogens with zero attached hydrogens (tertiary/aromatic N) is 6. The molecule has 9 nitrogen and oxygen atoms in total. The molecule has 1 amide bonds. The Morgan fingerprint density at radius 2 is 1.26 bits per heavy atom. The minimum atomic E-state index is -0.806. The smallest absolute Gasteiger partial charge is 0.298 e. The highest BCUT2D eigenvalue weighted by atomic mass is 16.1. The van der Waals surface area contributed by atoms with E-state index < -0.39 is 16.9 Å². The summed E-state index contributed by atoms with van der Waals surface area (Å²) in [4.78, 5) is 35.6. The van der Waals surface area contributed by atoms with E-state index >= 15 is 0 Å². The second-order valence-electron chi connectivity index (χ2n) is 11.9. The van der Waals surface area contributed by atoms with Gasteiger partial charge in [-0.3, -0.25) is 9.78 Å². The first-order chi connectivity index (χ1) is 22.7. The number of carbonyl (C=O) groups excluding carboxylic acids is 1. The maximum Gasteiger partial charge on any atom is 0.298 e. The zero-order chi connectivity index (χ0) is 33.0. The van der Waals surface area contributed by atoms with Crippen LogP contribution < -0.4 is 11.5 Å². The van der Waals surface area contributed by atoms with Crippen LogP contribution in [0.25, 0.3) is 11.3 Å². The van der Waals surface area contributed by atoms with E-state index in [1.54, 1.807) is 31.1 Å². The molecule has 3 aromatic carbocycles. The van der Waals surface area contributed by atoms with Crippen molar-refractivity contribution in [3.8, 4) is 11.3 Å². The first kappa shape index (κ1) is 31.0. The van der Waals surface area contributed by atoms with E-state index in [1.807, 2.05) is 92.1 Å². The van der Waals surface area contributed by atoms with Gasteiger partial charge in [0.05, 0.1) is 17.4 Å². The number of amidine groups is 1. The van der Waals surface area contributed by atoms with Gasteiger partial charge in [-0.05, 0) is 41.2 Å². The van der Waals surface area contributed by atoms with Gasteiger partial charge >= 0.3 is 0 Å². The third-order valence-corrected chi connectivity index (χ3v) is 9.00. The number of anilines is 1. The number of pyridine rings is 1. The van der Waals surface area contributed by atoms with Crippen molar-refractivity contribution in [1.29, 1.82) is 0 Å². The average Bonchev–Trinajstić information content (AvgIpc) is 3.61. The van der Waals surface area contributed by atoms with E-state index in [1.165, 1.54) is 0 Å². The monoisotopic (exact) mass is 620 g/mol. The predicted octanol–water partition coefficient (Wildman–Crippen LogP) is 6.27. The fourth-order valence-electron chi connectivity index (χ4n) is 6.00. The number of carbonyl (C=O) groups is 1. The molecule has 0 saturated carbocycles. The Hall–Kier alpha value is -5.96. The molecule has 0 radical (unpaired) electrons. The van der Waals surface area contributed by atoms with E-state index in [4.69, 9.17) is 11.5 Å². The van der Waals surface area contributed by atoms with Gasteiger partial charge in [-0.1, -0.05) is 111 Å². The zero-order valence-electron chi connectivity index (χ0n) is 26.5. The molecule has 0 aliphatic heterocycles. The summed E-state index contributed by atoms with van der Waals surface area (Å²) in [5, 5.41) is 0. The van der Waals surface area contributed by atoms with E-state index in [-0.39, 0.29) is 23.4 Å². The van der Waals surface area contributed by atoms with Crippen LogP contribution in [-0.2, 0) is 11.0 Å². The molecular weight excluding hydrogens is 584 g/mol. The summed E-state index contributed by atoms with van der Waals surface area (Å²) in [7, 11) is 0. The second-order valence-corrected chi connectivity index (χ2v) is 11.9. The van der Waals surface area contributed by atoms with Gasteiger partial charge in [-0.25, -0.2) is 15.0 Å². The molecule has 47 heavy (non-hydrogen) atoms. The van der Waals surface area contributed by atoms with Crippen molar-refractivity contribution in [2.75, 3.05) is 5.73 Å². The lowest BCUT2D eigenvalue weighted by Gasteiger charge is -2.37. The number of rotatable bonds is 9. The summed E-state index contributed by atoms with van der Waals surface area (Å²) in [6.07, 6.45) is 8.45. The molecule has 0 bridgehead atoms. The molecule has 3 heterocycles. The third kappa shape index (κ3) is 5.68. The fraction of sp³-hybridized carbons (Fsp3) is 0.158. The van der Waals surface area contributed by atoms with Gasteiger partial charge < -0.3 is 16.0 Å². The van der Waals surface area contributed by atoms with Gasteiger partial charge in [0.1, 0.15) is 17.1 Å². The Bertz CT molecular complexity index is 1890. The van der Waals surface area contributed by atoms with Crippen molar-refractivity contribution < 1.29 is 4.79 Å². The molecule has 1 atom stereocenters. The molecule has 1 unspecified atom stereocenters. The normalized spacial score (nSPS) is 13.3. The molecule has 0 fully saturated rings. The highest BCUT2D eigenvalue weighted by molar-refractivity contribution is 6.05. The number of nitrogen functional groups attached to an aromatic ring is 1. The lowest BCUT2D eigenvalue weighted by molar-refractivity contribution is 0.0997. The topological polar surface area (TPSA) is 138 Å². The molecule has 0 spiro atoms.